The Balaban J connectivity index is 2.01. The van der Waals surface area contributed by atoms with Crippen LogP contribution in [0.15, 0.2) is 24.5 Å². The van der Waals surface area contributed by atoms with Crippen LogP contribution in [0.4, 0.5) is 22.0 Å². The van der Waals surface area contributed by atoms with Crippen LogP contribution in [0, 0.1) is 0 Å². The van der Waals surface area contributed by atoms with Gasteiger partial charge in [-0.25, -0.2) is 0 Å². The molecule has 1 fully saturated rings. The van der Waals surface area contributed by atoms with E-state index in [0.29, 0.717) is 5.75 Å². The third kappa shape index (κ3) is 8.70. The summed E-state index contributed by atoms with van der Waals surface area (Å²) in [6, 6.07) is 0.951. The molecule has 0 spiro atoms. The van der Waals surface area contributed by atoms with Crippen molar-refractivity contribution in [3.63, 3.8) is 0 Å². The number of aromatic nitrogens is 1. The van der Waals surface area contributed by atoms with Crippen LogP contribution in [-0.2, 0) is 15.3 Å². The predicted octanol–water partition coefficient (Wildman–Crippen LogP) is 2.00. The fourth-order valence-corrected chi connectivity index (χ4v) is 3.77. The molecular formula is C20H27F5N4O3S. The fraction of sp³-hybridized carbons (Fsp3) is 0.650. The Morgan fingerprint density at radius 2 is 1.94 bits per heavy atom. The van der Waals surface area contributed by atoms with E-state index in [1.54, 1.807) is 31.5 Å². The van der Waals surface area contributed by atoms with Crippen LogP contribution >= 0.6 is 11.8 Å². The Morgan fingerprint density at radius 1 is 1.24 bits per heavy atom. The number of nitrogens with zero attached hydrogens (tertiary/aromatic N) is 1. The van der Waals surface area contributed by atoms with Gasteiger partial charge in [0.1, 0.15) is 0 Å². The molecule has 0 bridgehead atoms. The number of halogens is 5. The van der Waals surface area contributed by atoms with Crippen molar-refractivity contribution in [2.24, 2.45) is 0 Å². The molecule has 13 heteroatoms. The topological polar surface area (TPSA) is 103 Å². The van der Waals surface area contributed by atoms with Crippen molar-refractivity contribution >= 4 is 23.6 Å². The van der Waals surface area contributed by atoms with Gasteiger partial charge in [0.15, 0.2) is 6.10 Å². The van der Waals surface area contributed by atoms with Gasteiger partial charge in [0, 0.05) is 29.9 Å². The molecule has 0 aliphatic heterocycles. The molecule has 1 aliphatic rings. The van der Waals surface area contributed by atoms with E-state index in [9.17, 15) is 36.6 Å². The number of carbonyl (C=O) groups excluding carboxylic acids is 2. The second kappa shape index (κ2) is 11.9. The maximum Gasteiger partial charge on any atom is 0.454 e. The molecule has 0 radical (unpaired) electrons. The first-order valence-corrected chi connectivity index (χ1v) is 11.5. The van der Waals surface area contributed by atoms with E-state index in [-0.39, 0.29) is 18.2 Å². The zero-order chi connectivity index (χ0) is 24.6. The Kier molecular flexibility index (Phi) is 9.85. The zero-order valence-electron chi connectivity index (χ0n) is 17.9. The molecule has 1 aromatic rings. The van der Waals surface area contributed by atoms with E-state index in [0.717, 1.165) is 30.2 Å². The number of hydrogen-bond acceptors (Lipinski definition) is 6. The second-order valence-corrected chi connectivity index (χ2v) is 8.79. The number of aliphatic hydroxyl groups is 1. The van der Waals surface area contributed by atoms with Crippen molar-refractivity contribution in [3.8, 4) is 0 Å². The first-order chi connectivity index (χ1) is 15.4. The molecule has 1 unspecified atom stereocenters. The second-order valence-electron chi connectivity index (χ2n) is 7.76. The van der Waals surface area contributed by atoms with E-state index in [4.69, 9.17) is 0 Å². The number of rotatable bonds is 13. The normalized spacial score (nSPS) is 17.2. The molecule has 186 valence electrons. The maximum absolute atomic E-state index is 13.4. The van der Waals surface area contributed by atoms with Crippen LogP contribution in [0.5, 0.6) is 0 Å². The standard InChI is InChI=1S/C20H27F5N4O3S/c1-2-14(16(30)18(32)28-13-5-6-13)29-17(31)15(27-11-19(21,22)20(23,24)25)10-33-9-12-4-3-7-26-8-12/h3-4,7-8,13-16,27,30H,2,5-6,9-11H2,1H3,(H,28,32)(H,29,31)/t14-,15-,16?/m0/s1. The van der Waals surface area contributed by atoms with Gasteiger partial charge in [-0.2, -0.15) is 33.7 Å². The molecular weight excluding hydrogens is 471 g/mol. The van der Waals surface area contributed by atoms with E-state index in [1.165, 1.54) is 0 Å². The first kappa shape index (κ1) is 27.3. The Bertz CT molecular complexity index is 781. The largest absolute Gasteiger partial charge is 0.454 e. The molecule has 2 amide bonds. The number of nitrogens with one attached hydrogen (secondary N) is 3. The lowest BCUT2D eigenvalue weighted by Crippen LogP contribution is -2.57. The minimum atomic E-state index is -5.77. The van der Waals surface area contributed by atoms with Gasteiger partial charge in [0.2, 0.25) is 5.91 Å². The lowest BCUT2D eigenvalue weighted by atomic mass is 10.1. The lowest BCUT2D eigenvalue weighted by Gasteiger charge is -2.27. The SMILES string of the molecule is CC[C@H](NC(=O)[C@H](CSCc1cccnc1)NCC(F)(F)C(F)(F)F)C(O)C(=O)NC1CC1. The van der Waals surface area contributed by atoms with Gasteiger partial charge in [-0.05, 0) is 30.9 Å². The summed E-state index contributed by atoms with van der Waals surface area (Å²) in [5.74, 6) is -6.39. The Labute approximate surface area is 192 Å². The molecule has 1 aromatic heterocycles. The van der Waals surface area contributed by atoms with E-state index in [1.807, 2.05) is 5.32 Å². The highest BCUT2D eigenvalue weighted by Crippen LogP contribution is 2.34. The first-order valence-electron chi connectivity index (χ1n) is 10.4. The maximum atomic E-state index is 13.4. The number of carbonyl (C=O) groups is 2. The van der Waals surface area contributed by atoms with Crippen LogP contribution < -0.4 is 16.0 Å². The number of aliphatic hydroxyl groups excluding tert-OH is 1. The molecule has 2 rings (SSSR count). The van der Waals surface area contributed by atoms with Gasteiger partial charge in [-0.15, -0.1) is 0 Å². The minimum absolute atomic E-state index is 0.0248. The van der Waals surface area contributed by atoms with Gasteiger partial charge < -0.3 is 15.7 Å². The summed E-state index contributed by atoms with van der Waals surface area (Å²) in [4.78, 5) is 28.7. The predicted molar refractivity (Wildman–Crippen MR) is 113 cm³/mol. The van der Waals surface area contributed by atoms with E-state index >= 15 is 0 Å². The van der Waals surface area contributed by atoms with Gasteiger partial charge >= 0.3 is 12.1 Å². The summed E-state index contributed by atoms with van der Waals surface area (Å²) in [5.41, 5.74) is 0.779. The van der Waals surface area contributed by atoms with E-state index < -0.39 is 48.6 Å². The summed E-state index contributed by atoms with van der Waals surface area (Å²) in [7, 11) is 0. The fourth-order valence-electron chi connectivity index (χ4n) is 2.74. The highest BCUT2D eigenvalue weighted by atomic mass is 32.2. The number of amides is 2. The van der Waals surface area contributed by atoms with E-state index in [2.05, 4.69) is 15.6 Å². The van der Waals surface area contributed by atoms with Gasteiger partial charge in [0.05, 0.1) is 18.6 Å². The van der Waals surface area contributed by atoms with Crippen molar-refractivity contribution in [2.75, 3.05) is 12.3 Å². The average Bonchev–Trinajstić information content (AvgIpc) is 3.57. The van der Waals surface area contributed by atoms with Crippen LogP contribution in [-0.4, -0.2) is 70.5 Å². The molecule has 4 N–H and O–H groups in total. The van der Waals surface area contributed by atoms with Crippen molar-refractivity contribution < 1.29 is 36.6 Å². The van der Waals surface area contributed by atoms with Crippen LogP contribution in [0.3, 0.4) is 0 Å². The number of alkyl halides is 5. The number of thioether (sulfide) groups is 1. The van der Waals surface area contributed by atoms with Crippen molar-refractivity contribution in [1.29, 1.82) is 0 Å². The third-order valence-corrected chi connectivity index (χ3v) is 6.03. The highest BCUT2D eigenvalue weighted by molar-refractivity contribution is 7.98. The quantitative estimate of drug-likeness (QED) is 0.311. The van der Waals surface area contributed by atoms with Crippen molar-refractivity contribution in [1.82, 2.24) is 20.9 Å². The summed E-state index contributed by atoms with van der Waals surface area (Å²) in [6.07, 6.45) is -2.52. The third-order valence-electron chi connectivity index (χ3n) is 4.92. The molecule has 0 saturated heterocycles. The molecule has 1 heterocycles. The molecule has 1 saturated carbocycles. The lowest BCUT2D eigenvalue weighted by molar-refractivity contribution is -0.279. The summed E-state index contributed by atoms with van der Waals surface area (Å²) in [5, 5.41) is 17.2. The molecule has 33 heavy (non-hydrogen) atoms. The van der Waals surface area contributed by atoms with Crippen LogP contribution in [0.25, 0.3) is 0 Å². The highest BCUT2D eigenvalue weighted by Gasteiger charge is 2.57. The monoisotopic (exact) mass is 498 g/mol. The number of pyridine rings is 1. The average molecular weight is 499 g/mol. The zero-order valence-corrected chi connectivity index (χ0v) is 18.7. The summed E-state index contributed by atoms with van der Waals surface area (Å²) < 4.78 is 64.4. The van der Waals surface area contributed by atoms with Crippen LogP contribution in [0.1, 0.15) is 31.7 Å². The van der Waals surface area contributed by atoms with Crippen molar-refractivity contribution in [3.05, 3.63) is 30.1 Å². The van der Waals surface area contributed by atoms with Gasteiger partial charge in [-0.3, -0.25) is 19.9 Å². The molecule has 3 atom stereocenters. The smallest absolute Gasteiger partial charge is 0.381 e. The van der Waals surface area contributed by atoms with Crippen LogP contribution in [0.2, 0.25) is 0 Å². The van der Waals surface area contributed by atoms with Crippen molar-refractivity contribution in [2.45, 2.75) is 68.3 Å². The minimum Gasteiger partial charge on any atom is -0.381 e. The molecule has 0 aromatic carbocycles. The van der Waals surface area contributed by atoms with Gasteiger partial charge in [-0.1, -0.05) is 13.0 Å². The molecule has 1 aliphatic carbocycles. The Hall–Kier alpha value is -1.99. The number of hydrogen-bond donors (Lipinski definition) is 4. The molecule has 7 nitrogen and oxygen atoms in total. The van der Waals surface area contributed by atoms with Gasteiger partial charge in [0.25, 0.3) is 5.91 Å². The summed E-state index contributed by atoms with van der Waals surface area (Å²) in [6.45, 7) is -0.195. The Morgan fingerprint density at radius 3 is 2.48 bits per heavy atom. The summed E-state index contributed by atoms with van der Waals surface area (Å²) >= 11 is 1.14.